The molecule has 2 aromatic rings. The molecule has 0 atom stereocenters. The number of hydrogen-bond acceptors (Lipinski definition) is 3. The van der Waals surface area contributed by atoms with Crippen LogP contribution in [0.2, 0.25) is 0 Å². The molecule has 1 heterocycles. The Balaban J connectivity index is 2.44. The number of hydrogen-bond donors (Lipinski definition) is 2. The predicted octanol–water partition coefficient (Wildman–Crippen LogP) is 2.76. The predicted molar refractivity (Wildman–Crippen MR) is 80.9 cm³/mol. The van der Waals surface area contributed by atoms with Gasteiger partial charge < -0.3 is 15.5 Å². The Hall–Kier alpha value is -2.04. The summed E-state index contributed by atoms with van der Waals surface area (Å²) < 4.78 is 2.20. The maximum atomic E-state index is 8.76. The first-order valence-electron chi connectivity index (χ1n) is 7.10. The van der Waals surface area contributed by atoms with Gasteiger partial charge in [-0.05, 0) is 18.1 Å². The molecule has 0 saturated heterocycles. The molecule has 0 unspecified atom stereocenters. The van der Waals surface area contributed by atoms with Crippen LogP contribution in [0, 0.1) is 5.92 Å². The molecule has 2 rings (SSSR count). The summed E-state index contributed by atoms with van der Waals surface area (Å²) >= 11 is 0. The molecule has 5 heteroatoms. The minimum atomic E-state index is 0.186. The van der Waals surface area contributed by atoms with E-state index in [0.29, 0.717) is 12.3 Å². The van der Waals surface area contributed by atoms with Crippen LogP contribution in [0.3, 0.4) is 0 Å². The average molecular weight is 274 g/mol. The van der Waals surface area contributed by atoms with Crippen LogP contribution >= 0.6 is 0 Å². The van der Waals surface area contributed by atoms with E-state index >= 15 is 0 Å². The fourth-order valence-electron chi connectivity index (χ4n) is 2.47. The Labute approximate surface area is 119 Å². The first kappa shape index (κ1) is 14.4. The van der Waals surface area contributed by atoms with E-state index in [1.54, 1.807) is 0 Å². The second-order valence-electron chi connectivity index (χ2n) is 5.08. The van der Waals surface area contributed by atoms with Gasteiger partial charge in [-0.1, -0.05) is 44.0 Å². The molecule has 0 aliphatic heterocycles. The topological polar surface area (TPSA) is 76.4 Å². The van der Waals surface area contributed by atoms with Crippen molar-refractivity contribution in [3.8, 4) is 0 Å². The Morgan fingerprint density at radius 2 is 2.05 bits per heavy atom. The number of fused-ring (bicyclic) bond motifs is 1. The maximum Gasteiger partial charge on any atom is 0.146 e. The van der Waals surface area contributed by atoms with E-state index in [2.05, 4.69) is 34.6 Å². The van der Waals surface area contributed by atoms with E-state index in [4.69, 9.17) is 10.9 Å². The van der Waals surface area contributed by atoms with Crippen molar-refractivity contribution >= 4 is 16.9 Å². The molecule has 0 amide bonds. The van der Waals surface area contributed by atoms with E-state index in [9.17, 15) is 0 Å². The Bertz CT molecular complexity index is 599. The number of oxime groups is 1. The lowest BCUT2D eigenvalue weighted by Gasteiger charge is -2.16. The van der Waals surface area contributed by atoms with Crippen molar-refractivity contribution in [1.29, 1.82) is 0 Å². The lowest BCUT2D eigenvalue weighted by Crippen LogP contribution is -2.19. The van der Waals surface area contributed by atoms with Gasteiger partial charge in [0.15, 0.2) is 0 Å². The van der Waals surface area contributed by atoms with Crippen LogP contribution in [-0.2, 0) is 13.0 Å². The van der Waals surface area contributed by atoms with E-state index in [0.717, 1.165) is 36.2 Å². The number of nitrogens with zero attached hydrogens (tertiary/aromatic N) is 3. The van der Waals surface area contributed by atoms with Crippen LogP contribution in [-0.4, -0.2) is 20.6 Å². The van der Waals surface area contributed by atoms with Crippen molar-refractivity contribution in [2.45, 2.75) is 39.7 Å². The zero-order valence-corrected chi connectivity index (χ0v) is 12.1. The standard InChI is InChI=1S/C15H22N4O/c1-3-11(4-2)10-19-13-8-6-5-7-12(13)17-15(19)9-14(16)18-20/h5-8,11,20H,3-4,9-10H2,1-2H3,(H2,16,18). The van der Waals surface area contributed by atoms with E-state index in [-0.39, 0.29) is 5.84 Å². The quantitative estimate of drug-likeness (QED) is 0.368. The second-order valence-corrected chi connectivity index (χ2v) is 5.08. The van der Waals surface area contributed by atoms with Gasteiger partial charge in [0, 0.05) is 6.54 Å². The molecule has 0 bridgehead atoms. The highest BCUT2D eigenvalue weighted by molar-refractivity contribution is 5.83. The SMILES string of the molecule is CCC(CC)Cn1c(C/C(N)=N/O)nc2ccccc21. The second kappa shape index (κ2) is 6.41. The molecule has 0 aliphatic rings. The summed E-state index contributed by atoms with van der Waals surface area (Å²) in [5.74, 6) is 1.65. The minimum Gasteiger partial charge on any atom is -0.409 e. The summed E-state index contributed by atoms with van der Waals surface area (Å²) in [6.07, 6.45) is 2.63. The van der Waals surface area contributed by atoms with Gasteiger partial charge in [0.05, 0.1) is 17.5 Å². The van der Waals surface area contributed by atoms with Crippen LogP contribution < -0.4 is 5.73 Å². The normalized spacial score (nSPS) is 12.4. The highest BCUT2D eigenvalue weighted by atomic mass is 16.4. The zero-order valence-electron chi connectivity index (χ0n) is 12.1. The van der Waals surface area contributed by atoms with Gasteiger partial charge in [-0.2, -0.15) is 0 Å². The summed E-state index contributed by atoms with van der Waals surface area (Å²) in [6, 6.07) is 8.06. The lowest BCUT2D eigenvalue weighted by molar-refractivity contribution is 0.317. The molecule has 20 heavy (non-hydrogen) atoms. The van der Waals surface area contributed by atoms with Crippen LogP contribution in [0.4, 0.5) is 0 Å². The number of amidine groups is 1. The van der Waals surface area contributed by atoms with Crippen LogP contribution in [0.5, 0.6) is 0 Å². The molecule has 108 valence electrons. The molecule has 5 nitrogen and oxygen atoms in total. The highest BCUT2D eigenvalue weighted by Gasteiger charge is 2.14. The molecule has 1 aromatic carbocycles. The van der Waals surface area contributed by atoms with Crippen LogP contribution in [0.25, 0.3) is 11.0 Å². The van der Waals surface area contributed by atoms with E-state index < -0.39 is 0 Å². The van der Waals surface area contributed by atoms with E-state index in [1.807, 2.05) is 18.2 Å². The minimum absolute atomic E-state index is 0.186. The van der Waals surface area contributed by atoms with Crippen molar-refractivity contribution in [3.05, 3.63) is 30.1 Å². The molecular formula is C15H22N4O. The average Bonchev–Trinajstić information content (AvgIpc) is 2.81. The van der Waals surface area contributed by atoms with Crippen molar-refractivity contribution in [3.63, 3.8) is 0 Å². The van der Waals surface area contributed by atoms with Gasteiger partial charge in [-0.15, -0.1) is 0 Å². The lowest BCUT2D eigenvalue weighted by atomic mass is 10.0. The van der Waals surface area contributed by atoms with Crippen molar-refractivity contribution in [2.24, 2.45) is 16.8 Å². The smallest absolute Gasteiger partial charge is 0.146 e. The monoisotopic (exact) mass is 274 g/mol. The number of rotatable bonds is 6. The Kier molecular flexibility index (Phi) is 4.61. The van der Waals surface area contributed by atoms with Gasteiger partial charge in [-0.3, -0.25) is 0 Å². The molecule has 0 spiro atoms. The number of benzene rings is 1. The highest BCUT2D eigenvalue weighted by Crippen LogP contribution is 2.20. The molecule has 0 saturated carbocycles. The number of para-hydroxylation sites is 2. The van der Waals surface area contributed by atoms with Crippen LogP contribution in [0.1, 0.15) is 32.5 Å². The summed E-state index contributed by atoms with van der Waals surface area (Å²) in [5, 5.41) is 11.8. The molecule has 0 aliphatic carbocycles. The third kappa shape index (κ3) is 2.92. The van der Waals surface area contributed by atoms with Gasteiger partial charge >= 0.3 is 0 Å². The summed E-state index contributed by atoms with van der Waals surface area (Å²) in [4.78, 5) is 4.61. The summed E-state index contributed by atoms with van der Waals surface area (Å²) in [6.45, 7) is 5.33. The fraction of sp³-hybridized carbons (Fsp3) is 0.467. The third-order valence-corrected chi connectivity index (χ3v) is 3.80. The van der Waals surface area contributed by atoms with Gasteiger partial charge in [0.2, 0.25) is 0 Å². The number of imidazole rings is 1. The van der Waals surface area contributed by atoms with E-state index in [1.165, 1.54) is 0 Å². The van der Waals surface area contributed by atoms with Gasteiger partial charge in [0.25, 0.3) is 0 Å². The first-order chi connectivity index (χ1) is 9.69. The number of nitrogens with two attached hydrogens (primary N) is 1. The molecule has 0 fully saturated rings. The maximum absolute atomic E-state index is 8.76. The van der Waals surface area contributed by atoms with Crippen LogP contribution in [0.15, 0.2) is 29.4 Å². The van der Waals surface area contributed by atoms with Gasteiger partial charge in [0.1, 0.15) is 11.7 Å². The van der Waals surface area contributed by atoms with Crippen molar-refractivity contribution < 1.29 is 5.21 Å². The third-order valence-electron chi connectivity index (χ3n) is 3.80. The molecular weight excluding hydrogens is 252 g/mol. The zero-order chi connectivity index (χ0) is 14.5. The Morgan fingerprint density at radius 1 is 1.35 bits per heavy atom. The molecule has 3 N–H and O–H groups in total. The van der Waals surface area contributed by atoms with Crippen molar-refractivity contribution in [1.82, 2.24) is 9.55 Å². The fourth-order valence-corrected chi connectivity index (χ4v) is 2.47. The molecule has 0 radical (unpaired) electrons. The summed E-state index contributed by atoms with van der Waals surface area (Å²) in [5.41, 5.74) is 7.71. The van der Waals surface area contributed by atoms with Crippen molar-refractivity contribution in [2.75, 3.05) is 0 Å². The number of aromatic nitrogens is 2. The Morgan fingerprint density at radius 3 is 2.70 bits per heavy atom. The van der Waals surface area contributed by atoms with Gasteiger partial charge in [-0.25, -0.2) is 4.98 Å². The first-order valence-corrected chi connectivity index (χ1v) is 7.10. The molecule has 1 aromatic heterocycles. The summed E-state index contributed by atoms with van der Waals surface area (Å²) in [7, 11) is 0. The largest absolute Gasteiger partial charge is 0.409 e.